The summed E-state index contributed by atoms with van der Waals surface area (Å²) in [4.78, 5) is 30.8. The van der Waals surface area contributed by atoms with E-state index in [0.717, 1.165) is 32.4 Å². The fraction of sp³-hybridized carbons (Fsp3) is 0.700. The maximum Gasteiger partial charge on any atom is 0.289 e. The number of piperazine rings is 1. The molecule has 0 aromatic carbocycles. The van der Waals surface area contributed by atoms with Crippen molar-refractivity contribution in [2.45, 2.75) is 24.4 Å². The van der Waals surface area contributed by atoms with Gasteiger partial charge in [0.1, 0.15) is 0 Å². The molecular weight excluding hydrogens is 424 g/mol. The van der Waals surface area contributed by atoms with Gasteiger partial charge >= 0.3 is 0 Å². The van der Waals surface area contributed by atoms with Gasteiger partial charge in [0.05, 0.1) is 19.8 Å². The monoisotopic (exact) mass is 454 g/mol. The van der Waals surface area contributed by atoms with Gasteiger partial charge < -0.3 is 19.0 Å². The van der Waals surface area contributed by atoms with Crippen LogP contribution < -0.4 is 0 Å². The van der Waals surface area contributed by atoms with Crippen LogP contribution in [0.1, 0.15) is 29.8 Å². The van der Waals surface area contributed by atoms with Crippen LogP contribution >= 0.6 is 0 Å². The van der Waals surface area contributed by atoms with Crippen LogP contribution in [0.5, 0.6) is 0 Å². The molecule has 0 atom stereocenters. The molecule has 4 heterocycles. The highest BCUT2D eigenvalue weighted by Crippen LogP contribution is 2.23. The van der Waals surface area contributed by atoms with Crippen LogP contribution in [-0.4, -0.2) is 111 Å². The first-order valence-electron chi connectivity index (χ1n) is 10.9. The molecule has 1 aromatic heterocycles. The Hall–Kier alpha value is -1.95. The molecule has 2 amide bonds. The van der Waals surface area contributed by atoms with E-state index in [1.807, 2.05) is 0 Å². The van der Waals surface area contributed by atoms with Gasteiger partial charge in [-0.3, -0.25) is 14.5 Å². The number of carbonyl (C=O) groups excluding carboxylic acids is 2. The molecule has 3 aliphatic heterocycles. The van der Waals surface area contributed by atoms with E-state index in [-0.39, 0.29) is 22.7 Å². The maximum atomic E-state index is 12.8. The Bertz CT molecular complexity index is 881. The van der Waals surface area contributed by atoms with Crippen molar-refractivity contribution in [2.24, 2.45) is 0 Å². The molecule has 0 radical (unpaired) electrons. The molecule has 11 heteroatoms. The third-order valence-corrected chi connectivity index (χ3v) is 7.86. The second-order valence-corrected chi connectivity index (χ2v) is 10.0. The molecule has 3 fully saturated rings. The molecular formula is C20H30N4O6S. The van der Waals surface area contributed by atoms with Crippen LogP contribution in [0.15, 0.2) is 21.6 Å². The summed E-state index contributed by atoms with van der Waals surface area (Å²) in [5.74, 6) is -0.272. The minimum absolute atomic E-state index is 0.0173. The van der Waals surface area contributed by atoms with Crippen molar-refractivity contribution >= 4 is 21.8 Å². The van der Waals surface area contributed by atoms with Crippen LogP contribution in [-0.2, 0) is 19.6 Å². The van der Waals surface area contributed by atoms with E-state index in [2.05, 4.69) is 4.90 Å². The quantitative estimate of drug-likeness (QED) is 0.620. The average Bonchev–Trinajstić information content (AvgIpc) is 3.31. The predicted molar refractivity (Wildman–Crippen MR) is 111 cm³/mol. The lowest BCUT2D eigenvalue weighted by molar-refractivity contribution is -0.134. The van der Waals surface area contributed by atoms with Crippen molar-refractivity contribution in [3.05, 3.63) is 17.9 Å². The van der Waals surface area contributed by atoms with E-state index >= 15 is 0 Å². The molecule has 4 rings (SSSR count). The zero-order valence-corrected chi connectivity index (χ0v) is 18.5. The highest BCUT2D eigenvalue weighted by atomic mass is 32.2. The SMILES string of the molecule is O=C(CN1CCOCC1)N1CCN(C(=O)c2ccc(S(=O)(=O)N3CCCCC3)o2)CC1. The number of piperidine rings is 1. The molecule has 3 saturated heterocycles. The summed E-state index contributed by atoms with van der Waals surface area (Å²) < 4.78 is 37.7. The molecule has 172 valence electrons. The Morgan fingerprint density at radius 2 is 1.48 bits per heavy atom. The number of ether oxygens (including phenoxy) is 1. The zero-order chi connectivity index (χ0) is 21.8. The molecule has 10 nitrogen and oxygen atoms in total. The van der Waals surface area contributed by atoms with Crippen molar-refractivity contribution in [1.29, 1.82) is 0 Å². The van der Waals surface area contributed by atoms with Gasteiger partial charge in [0, 0.05) is 52.4 Å². The number of hydrogen-bond donors (Lipinski definition) is 0. The fourth-order valence-corrected chi connectivity index (χ4v) is 5.60. The first-order valence-corrected chi connectivity index (χ1v) is 12.4. The minimum Gasteiger partial charge on any atom is -0.438 e. The Morgan fingerprint density at radius 3 is 2.16 bits per heavy atom. The van der Waals surface area contributed by atoms with E-state index in [0.29, 0.717) is 59.0 Å². The van der Waals surface area contributed by atoms with Crippen molar-refractivity contribution in [2.75, 3.05) is 72.1 Å². The molecule has 0 saturated carbocycles. The number of morpholine rings is 1. The smallest absolute Gasteiger partial charge is 0.289 e. The average molecular weight is 455 g/mol. The van der Waals surface area contributed by atoms with Gasteiger partial charge in [-0.05, 0) is 25.0 Å². The lowest BCUT2D eigenvalue weighted by Gasteiger charge is -2.36. The summed E-state index contributed by atoms with van der Waals surface area (Å²) in [6, 6.07) is 2.79. The Labute approximate surface area is 182 Å². The normalized spacial score (nSPS) is 21.9. The molecule has 0 bridgehead atoms. The largest absolute Gasteiger partial charge is 0.438 e. The van der Waals surface area contributed by atoms with Crippen LogP contribution in [0.4, 0.5) is 0 Å². The summed E-state index contributed by atoms with van der Waals surface area (Å²) in [5, 5.41) is -0.183. The lowest BCUT2D eigenvalue weighted by atomic mass is 10.2. The summed E-state index contributed by atoms with van der Waals surface area (Å²) >= 11 is 0. The van der Waals surface area contributed by atoms with Crippen molar-refractivity contribution in [3.8, 4) is 0 Å². The fourth-order valence-electron chi connectivity index (χ4n) is 4.17. The number of rotatable bonds is 5. The minimum atomic E-state index is -3.71. The number of carbonyl (C=O) groups is 2. The molecule has 3 aliphatic rings. The summed E-state index contributed by atoms with van der Waals surface area (Å²) in [7, 11) is -3.71. The summed E-state index contributed by atoms with van der Waals surface area (Å²) in [6.07, 6.45) is 2.69. The number of furan rings is 1. The Morgan fingerprint density at radius 1 is 0.839 bits per heavy atom. The Balaban J connectivity index is 1.31. The second kappa shape index (κ2) is 9.68. The molecule has 0 aliphatic carbocycles. The van der Waals surface area contributed by atoms with E-state index in [1.165, 1.54) is 16.4 Å². The van der Waals surface area contributed by atoms with Crippen LogP contribution in [0.2, 0.25) is 0 Å². The number of nitrogens with zero attached hydrogens (tertiary/aromatic N) is 4. The standard InChI is InChI=1S/C20H30N4O6S/c25-18(16-21-12-14-29-15-13-21)22-8-10-23(11-9-22)20(26)17-4-5-19(30-17)31(27,28)24-6-2-1-3-7-24/h4-5H,1-3,6-16H2. The van der Waals surface area contributed by atoms with Crippen molar-refractivity contribution in [1.82, 2.24) is 19.0 Å². The van der Waals surface area contributed by atoms with E-state index < -0.39 is 10.0 Å². The van der Waals surface area contributed by atoms with Crippen molar-refractivity contribution < 1.29 is 27.2 Å². The van der Waals surface area contributed by atoms with Crippen LogP contribution in [0.3, 0.4) is 0 Å². The van der Waals surface area contributed by atoms with E-state index in [1.54, 1.807) is 9.80 Å². The summed E-state index contributed by atoms with van der Waals surface area (Å²) in [5.41, 5.74) is 0. The number of sulfonamides is 1. The maximum absolute atomic E-state index is 12.8. The van der Waals surface area contributed by atoms with Gasteiger partial charge in [-0.15, -0.1) is 0 Å². The molecule has 1 aromatic rings. The van der Waals surface area contributed by atoms with Gasteiger partial charge in [0.25, 0.3) is 15.9 Å². The van der Waals surface area contributed by atoms with Crippen LogP contribution in [0.25, 0.3) is 0 Å². The van der Waals surface area contributed by atoms with Gasteiger partial charge in [0.2, 0.25) is 11.0 Å². The second-order valence-electron chi connectivity index (χ2n) is 8.14. The van der Waals surface area contributed by atoms with Gasteiger partial charge in [-0.25, -0.2) is 8.42 Å². The van der Waals surface area contributed by atoms with Crippen LogP contribution in [0, 0.1) is 0 Å². The van der Waals surface area contributed by atoms with Gasteiger partial charge in [-0.2, -0.15) is 4.31 Å². The number of hydrogen-bond acceptors (Lipinski definition) is 7. The van der Waals surface area contributed by atoms with Gasteiger partial charge in [-0.1, -0.05) is 6.42 Å². The molecule has 0 unspecified atom stereocenters. The number of amides is 2. The molecule has 0 spiro atoms. The summed E-state index contributed by atoms with van der Waals surface area (Å²) in [6.45, 7) is 5.82. The van der Waals surface area contributed by atoms with E-state index in [9.17, 15) is 18.0 Å². The molecule has 0 N–H and O–H groups in total. The topological polar surface area (TPSA) is 104 Å². The zero-order valence-electron chi connectivity index (χ0n) is 17.7. The highest BCUT2D eigenvalue weighted by molar-refractivity contribution is 7.89. The Kier molecular flexibility index (Phi) is 6.95. The van der Waals surface area contributed by atoms with Crippen molar-refractivity contribution in [3.63, 3.8) is 0 Å². The van der Waals surface area contributed by atoms with E-state index in [4.69, 9.17) is 9.15 Å². The molecule has 31 heavy (non-hydrogen) atoms. The third kappa shape index (κ3) is 5.11. The highest BCUT2D eigenvalue weighted by Gasteiger charge is 2.32. The first kappa shape index (κ1) is 22.3. The predicted octanol–water partition coefficient (Wildman–Crippen LogP) is 0.0708. The first-order chi connectivity index (χ1) is 14.9. The lowest BCUT2D eigenvalue weighted by Crippen LogP contribution is -2.53. The third-order valence-electron chi connectivity index (χ3n) is 6.08. The van der Waals surface area contributed by atoms with Gasteiger partial charge in [0.15, 0.2) is 5.76 Å².